The largest absolute Gasteiger partial charge is 0.397 e. The summed E-state index contributed by atoms with van der Waals surface area (Å²) in [7, 11) is 0. The van der Waals surface area contributed by atoms with Gasteiger partial charge in [0.05, 0.1) is 0 Å². The van der Waals surface area contributed by atoms with Gasteiger partial charge >= 0.3 is 6.18 Å². The molecule has 1 aliphatic rings. The van der Waals surface area contributed by atoms with Crippen molar-refractivity contribution in [2.75, 3.05) is 36.4 Å². The summed E-state index contributed by atoms with van der Waals surface area (Å²) in [5.74, 6) is 0.231. The van der Waals surface area contributed by atoms with Crippen molar-refractivity contribution in [1.82, 2.24) is 15.3 Å². The lowest BCUT2D eigenvalue weighted by atomic mass is 10.1. The lowest BCUT2D eigenvalue weighted by Crippen LogP contribution is -2.32. The summed E-state index contributed by atoms with van der Waals surface area (Å²) >= 11 is 0. The predicted octanol–water partition coefficient (Wildman–Crippen LogP) is 2.26. The average molecular weight is 345 g/mol. The second-order valence-electron chi connectivity index (χ2n) is 5.81. The Kier molecular flexibility index (Phi) is 6.22. The summed E-state index contributed by atoms with van der Waals surface area (Å²) < 4.78 is 36.1. The normalized spacial score (nSPS) is 15.2. The fraction of sp³-hybridized carbons (Fsp3) is 0.667. The molecule has 0 spiro atoms. The van der Waals surface area contributed by atoms with Crippen molar-refractivity contribution in [3.05, 3.63) is 11.8 Å². The number of rotatable bonds is 6. The van der Waals surface area contributed by atoms with Crippen molar-refractivity contribution >= 4 is 17.7 Å². The van der Waals surface area contributed by atoms with Gasteiger partial charge in [0, 0.05) is 37.9 Å². The predicted molar refractivity (Wildman–Crippen MR) is 85.0 cm³/mol. The van der Waals surface area contributed by atoms with E-state index in [1.54, 1.807) is 0 Å². The molecule has 24 heavy (non-hydrogen) atoms. The highest BCUT2D eigenvalue weighted by molar-refractivity contribution is 5.76. The molecule has 1 amide bonds. The minimum absolute atomic E-state index is 0.0747. The molecule has 0 atom stereocenters. The van der Waals surface area contributed by atoms with Crippen LogP contribution in [0.2, 0.25) is 0 Å². The smallest absolute Gasteiger partial charge is 0.356 e. The number of piperidine rings is 1. The zero-order valence-electron chi connectivity index (χ0n) is 13.6. The van der Waals surface area contributed by atoms with Crippen LogP contribution < -0.4 is 15.5 Å². The number of halogens is 3. The fourth-order valence-corrected chi connectivity index (χ4v) is 2.54. The number of nitrogens with one attached hydrogen (secondary N) is 2. The highest BCUT2D eigenvalue weighted by atomic mass is 19.4. The molecule has 0 aliphatic carbocycles. The first-order valence-corrected chi connectivity index (χ1v) is 8.01. The van der Waals surface area contributed by atoms with E-state index in [4.69, 9.17) is 0 Å². The molecular weight excluding hydrogens is 323 g/mol. The highest BCUT2D eigenvalue weighted by Crippen LogP contribution is 2.20. The first-order chi connectivity index (χ1) is 11.3. The van der Waals surface area contributed by atoms with Crippen molar-refractivity contribution in [2.45, 2.75) is 38.8 Å². The maximum atomic E-state index is 12.0. The van der Waals surface area contributed by atoms with Crippen LogP contribution in [0.25, 0.3) is 0 Å². The van der Waals surface area contributed by atoms with E-state index in [-0.39, 0.29) is 13.1 Å². The van der Waals surface area contributed by atoms with Crippen LogP contribution in [0.1, 0.15) is 31.4 Å². The Balaban J connectivity index is 1.82. The summed E-state index contributed by atoms with van der Waals surface area (Å²) in [5.41, 5.74) is 0.814. The van der Waals surface area contributed by atoms with Gasteiger partial charge in [-0.1, -0.05) is 0 Å². The van der Waals surface area contributed by atoms with Crippen LogP contribution in [0, 0.1) is 6.92 Å². The zero-order valence-corrected chi connectivity index (χ0v) is 13.6. The first kappa shape index (κ1) is 18.3. The van der Waals surface area contributed by atoms with Gasteiger partial charge in [0.1, 0.15) is 12.2 Å². The Morgan fingerprint density at radius 1 is 1.21 bits per heavy atom. The van der Waals surface area contributed by atoms with E-state index in [2.05, 4.69) is 25.5 Å². The van der Waals surface area contributed by atoms with Crippen LogP contribution in [0.4, 0.5) is 24.9 Å². The molecule has 134 valence electrons. The van der Waals surface area contributed by atoms with Crippen LogP contribution in [0.5, 0.6) is 0 Å². The molecule has 0 saturated carbocycles. The van der Waals surface area contributed by atoms with Gasteiger partial charge < -0.3 is 15.5 Å². The quantitative estimate of drug-likeness (QED) is 0.774. The summed E-state index contributed by atoms with van der Waals surface area (Å²) in [6.45, 7) is 4.12. The third-order valence-electron chi connectivity index (χ3n) is 3.61. The Morgan fingerprint density at radius 2 is 1.92 bits per heavy atom. The van der Waals surface area contributed by atoms with Crippen LogP contribution in [-0.2, 0) is 4.79 Å². The number of carbonyl (C=O) groups is 1. The highest BCUT2D eigenvalue weighted by Gasteiger charge is 2.30. The molecule has 0 bridgehead atoms. The Hall–Kier alpha value is -2.06. The zero-order chi connectivity index (χ0) is 17.6. The van der Waals surface area contributed by atoms with Crippen molar-refractivity contribution in [3.63, 3.8) is 0 Å². The molecule has 2 rings (SSSR count). The molecule has 6 nitrogen and oxygen atoms in total. The van der Waals surface area contributed by atoms with Crippen LogP contribution >= 0.6 is 0 Å². The van der Waals surface area contributed by atoms with Gasteiger partial charge in [-0.2, -0.15) is 18.2 Å². The number of carbonyl (C=O) groups excluding carboxylic acids is 1. The number of aromatic nitrogens is 2. The maximum absolute atomic E-state index is 12.0. The number of hydrogen-bond acceptors (Lipinski definition) is 5. The summed E-state index contributed by atoms with van der Waals surface area (Å²) in [4.78, 5) is 22.0. The Bertz CT molecular complexity index is 559. The van der Waals surface area contributed by atoms with E-state index < -0.39 is 18.5 Å². The lowest BCUT2D eigenvalue weighted by Gasteiger charge is -2.28. The van der Waals surface area contributed by atoms with Crippen molar-refractivity contribution in [2.24, 2.45) is 0 Å². The maximum Gasteiger partial charge on any atom is 0.397 e. The summed E-state index contributed by atoms with van der Waals surface area (Å²) in [6, 6.07) is 1.92. The van der Waals surface area contributed by atoms with E-state index >= 15 is 0 Å². The van der Waals surface area contributed by atoms with E-state index in [0.717, 1.165) is 37.4 Å². The number of hydrogen-bond donors (Lipinski definition) is 2. The van der Waals surface area contributed by atoms with Crippen LogP contribution in [0.3, 0.4) is 0 Å². The third kappa shape index (κ3) is 6.21. The van der Waals surface area contributed by atoms with Gasteiger partial charge in [-0.25, -0.2) is 4.98 Å². The van der Waals surface area contributed by atoms with E-state index in [9.17, 15) is 18.0 Å². The monoisotopic (exact) mass is 345 g/mol. The fourth-order valence-electron chi connectivity index (χ4n) is 2.54. The Morgan fingerprint density at radius 3 is 2.58 bits per heavy atom. The number of nitrogens with zero attached hydrogens (tertiary/aromatic N) is 3. The average Bonchev–Trinajstić information content (AvgIpc) is 2.50. The second kappa shape index (κ2) is 8.16. The van der Waals surface area contributed by atoms with E-state index in [1.165, 1.54) is 6.42 Å². The topological polar surface area (TPSA) is 70.2 Å². The molecule has 2 heterocycles. The number of aryl methyl sites for hydroxylation is 1. The molecule has 1 aromatic rings. The van der Waals surface area contributed by atoms with Gasteiger partial charge in [-0.15, -0.1) is 0 Å². The van der Waals surface area contributed by atoms with Crippen LogP contribution in [0.15, 0.2) is 6.07 Å². The van der Waals surface area contributed by atoms with E-state index in [1.807, 2.05) is 13.0 Å². The SMILES string of the molecule is Cc1cc(N2CCCCC2)nc(NCCNC(=O)CC(F)(F)F)n1. The molecule has 1 saturated heterocycles. The van der Waals surface area contributed by atoms with Crippen molar-refractivity contribution in [1.29, 1.82) is 0 Å². The number of amides is 1. The molecule has 0 unspecified atom stereocenters. The second-order valence-corrected chi connectivity index (χ2v) is 5.81. The van der Waals surface area contributed by atoms with Gasteiger partial charge in [-0.3, -0.25) is 4.79 Å². The number of alkyl halides is 3. The number of anilines is 2. The minimum Gasteiger partial charge on any atom is -0.356 e. The molecule has 0 aromatic carbocycles. The van der Waals surface area contributed by atoms with Gasteiger partial charge in [0.2, 0.25) is 11.9 Å². The molecule has 1 aliphatic heterocycles. The van der Waals surface area contributed by atoms with Gasteiger partial charge in [-0.05, 0) is 26.2 Å². The van der Waals surface area contributed by atoms with Crippen molar-refractivity contribution in [3.8, 4) is 0 Å². The van der Waals surface area contributed by atoms with Crippen LogP contribution in [-0.4, -0.2) is 48.2 Å². The lowest BCUT2D eigenvalue weighted by molar-refractivity contribution is -0.153. The standard InChI is InChI=1S/C15H22F3N5O/c1-11-9-12(23-7-3-2-4-8-23)22-14(21-11)20-6-5-19-13(24)10-15(16,17)18/h9H,2-8,10H2,1H3,(H,19,24)(H,20,21,22). The first-order valence-electron chi connectivity index (χ1n) is 8.01. The minimum atomic E-state index is -4.49. The van der Waals surface area contributed by atoms with Gasteiger partial charge in [0.25, 0.3) is 0 Å². The third-order valence-corrected chi connectivity index (χ3v) is 3.61. The Labute approximate surface area is 138 Å². The van der Waals surface area contributed by atoms with Gasteiger partial charge in [0.15, 0.2) is 0 Å². The summed E-state index contributed by atoms with van der Waals surface area (Å²) in [6.07, 6.45) is -2.45. The summed E-state index contributed by atoms with van der Waals surface area (Å²) in [5, 5.41) is 5.15. The molecule has 9 heteroatoms. The molecule has 1 fully saturated rings. The van der Waals surface area contributed by atoms with E-state index in [0.29, 0.717) is 5.95 Å². The molecule has 2 N–H and O–H groups in total. The molecule has 1 aromatic heterocycles. The molecular formula is C15H22F3N5O. The molecule has 0 radical (unpaired) electrons. The van der Waals surface area contributed by atoms with Crippen molar-refractivity contribution < 1.29 is 18.0 Å².